The molecular formula is C21H26N2O5S2. The van der Waals surface area contributed by atoms with Crippen LogP contribution >= 0.6 is 11.3 Å². The summed E-state index contributed by atoms with van der Waals surface area (Å²) in [7, 11) is -0.694. The number of piperazine rings is 1. The van der Waals surface area contributed by atoms with E-state index in [1.54, 1.807) is 22.3 Å². The van der Waals surface area contributed by atoms with E-state index in [2.05, 4.69) is 0 Å². The molecule has 30 heavy (non-hydrogen) atoms. The molecule has 0 spiro atoms. The predicted octanol–water partition coefficient (Wildman–Crippen LogP) is 2.79. The number of carbonyl (C=O) groups excluding carboxylic acids is 1. The van der Waals surface area contributed by atoms with Crippen molar-refractivity contribution in [3.63, 3.8) is 0 Å². The van der Waals surface area contributed by atoms with Crippen molar-refractivity contribution in [2.45, 2.75) is 30.6 Å². The van der Waals surface area contributed by atoms with Crippen LogP contribution in [0.4, 0.5) is 0 Å². The number of fused-ring (bicyclic) bond motifs is 1. The van der Waals surface area contributed by atoms with Crippen LogP contribution < -0.4 is 9.47 Å². The molecule has 4 rings (SSSR count). The molecule has 1 fully saturated rings. The van der Waals surface area contributed by atoms with Gasteiger partial charge in [0, 0.05) is 37.1 Å². The first-order valence-corrected chi connectivity index (χ1v) is 12.3. The highest BCUT2D eigenvalue weighted by Crippen LogP contribution is 2.32. The van der Waals surface area contributed by atoms with Gasteiger partial charge in [0.15, 0.2) is 11.5 Å². The van der Waals surface area contributed by atoms with Gasteiger partial charge in [0.1, 0.15) is 0 Å². The average Bonchev–Trinajstić information content (AvgIpc) is 3.22. The van der Waals surface area contributed by atoms with E-state index in [0.29, 0.717) is 24.6 Å². The molecule has 0 bridgehead atoms. The molecule has 0 atom stereocenters. The molecule has 1 aliphatic carbocycles. The number of methoxy groups -OCH3 is 2. The molecule has 1 aromatic heterocycles. The smallest absolute Gasteiger partial charge is 0.264 e. The number of thiophene rings is 1. The van der Waals surface area contributed by atoms with Crippen molar-refractivity contribution in [2.75, 3.05) is 40.4 Å². The number of ether oxygens (including phenoxy) is 2. The van der Waals surface area contributed by atoms with Crippen LogP contribution in [0.5, 0.6) is 11.5 Å². The van der Waals surface area contributed by atoms with E-state index in [-0.39, 0.29) is 23.9 Å². The maximum atomic E-state index is 13.1. The highest BCUT2D eigenvalue weighted by molar-refractivity contribution is 7.89. The summed E-state index contributed by atoms with van der Waals surface area (Å²) >= 11 is 1.60. The Labute approximate surface area is 181 Å². The Kier molecular flexibility index (Phi) is 6.04. The molecule has 2 aromatic rings. The molecule has 0 unspecified atom stereocenters. The highest BCUT2D eigenvalue weighted by atomic mass is 32.2. The molecule has 0 radical (unpaired) electrons. The molecule has 1 amide bonds. The number of hydrogen-bond donors (Lipinski definition) is 0. The van der Waals surface area contributed by atoms with Crippen LogP contribution in [0.25, 0.3) is 0 Å². The van der Waals surface area contributed by atoms with Crippen molar-refractivity contribution in [3.8, 4) is 11.5 Å². The van der Waals surface area contributed by atoms with Crippen molar-refractivity contribution in [3.05, 3.63) is 39.6 Å². The van der Waals surface area contributed by atoms with E-state index < -0.39 is 10.0 Å². The highest BCUT2D eigenvalue weighted by Gasteiger charge is 2.32. The van der Waals surface area contributed by atoms with E-state index in [9.17, 15) is 13.2 Å². The minimum absolute atomic E-state index is 0.0116. The normalized spacial score (nSPS) is 17.5. The maximum Gasteiger partial charge on any atom is 0.264 e. The van der Waals surface area contributed by atoms with Gasteiger partial charge in [-0.3, -0.25) is 4.79 Å². The fraction of sp³-hybridized carbons (Fsp3) is 0.476. The van der Waals surface area contributed by atoms with Crippen LogP contribution in [0, 0.1) is 0 Å². The summed E-state index contributed by atoms with van der Waals surface area (Å²) < 4.78 is 38.0. The summed E-state index contributed by atoms with van der Waals surface area (Å²) in [5.41, 5.74) is 1.31. The maximum absolute atomic E-state index is 13.1. The lowest BCUT2D eigenvalue weighted by molar-refractivity contribution is 0.0702. The fourth-order valence-electron chi connectivity index (χ4n) is 4.01. The molecule has 9 heteroatoms. The zero-order valence-electron chi connectivity index (χ0n) is 17.2. The van der Waals surface area contributed by atoms with Gasteiger partial charge in [-0.1, -0.05) is 0 Å². The lowest BCUT2D eigenvalue weighted by Gasteiger charge is -2.33. The Hall–Kier alpha value is -2.10. The Morgan fingerprint density at radius 3 is 2.33 bits per heavy atom. The lowest BCUT2D eigenvalue weighted by atomic mass is 9.99. The van der Waals surface area contributed by atoms with Crippen LogP contribution in [0.3, 0.4) is 0 Å². The van der Waals surface area contributed by atoms with Crippen molar-refractivity contribution >= 4 is 27.3 Å². The summed E-state index contributed by atoms with van der Waals surface area (Å²) in [5, 5.41) is 0. The monoisotopic (exact) mass is 450 g/mol. The predicted molar refractivity (Wildman–Crippen MR) is 115 cm³/mol. The standard InChI is InChI=1S/C21H26N2O5S2/c1-27-17-8-7-16(14-18(17)28-2)30(25,26)23-11-9-22(10-12-23)21(24)20-13-15-5-3-4-6-19(15)29-20/h7-8,13-14H,3-6,9-12H2,1-2H3. The number of carbonyl (C=O) groups is 1. The third-order valence-electron chi connectivity index (χ3n) is 5.73. The SMILES string of the molecule is COc1ccc(S(=O)(=O)N2CCN(C(=O)c3cc4c(s3)CCCC4)CC2)cc1OC. The average molecular weight is 451 g/mol. The fourth-order valence-corrected chi connectivity index (χ4v) is 6.67. The zero-order chi connectivity index (χ0) is 21.3. The van der Waals surface area contributed by atoms with Gasteiger partial charge in [-0.2, -0.15) is 4.31 Å². The molecule has 0 saturated carbocycles. The number of amides is 1. The van der Waals surface area contributed by atoms with E-state index in [0.717, 1.165) is 17.7 Å². The van der Waals surface area contributed by atoms with E-state index >= 15 is 0 Å². The van der Waals surface area contributed by atoms with Crippen LogP contribution in [0.2, 0.25) is 0 Å². The molecule has 7 nitrogen and oxygen atoms in total. The van der Waals surface area contributed by atoms with Gasteiger partial charge in [0.05, 0.1) is 24.0 Å². The number of rotatable bonds is 5. The molecule has 162 valence electrons. The van der Waals surface area contributed by atoms with E-state index in [1.165, 1.54) is 53.9 Å². The zero-order valence-corrected chi connectivity index (χ0v) is 18.9. The van der Waals surface area contributed by atoms with E-state index in [1.807, 2.05) is 6.07 Å². The van der Waals surface area contributed by atoms with Crippen molar-refractivity contribution in [1.29, 1.82) is 0 Å². The van der Waals surface area contributed by atoms with Gasteiger partial charge in [-0.25, -0.2) is 8.42 Å². The minimum atomic E-state index is -3.67. The quantitative estimate of drug-likeness (QED) is 0.700. The number of aryl methyl sites for hydroxylation is 2. The van der Waals surface area contributed by atoms with Gasteiger partial charge in [-0.05, 0) is 49.4 Å². The molecule has 1 saturated heterocycles. The lowest BCUT2D eigenvalue weighted by Crippen LogP contribution is -2.50. The summed E-state index contributed by atoms with van der Waals surface area (Å²) in [5.74, 6) is 0.858. The van der Waals surface area contributed by atoms with Crippen LogP contribution in [0.15, 0.2) is 29.2 Å². The number of sulfonamides is 1. The third-order valence-corrected chi connectivity index (χ3v) is 8.85. The van der Waals surface area contributed by atoms with Gasteiger partial charge in [0.2, 0.25) is 10.0 Å². The molecule has 1 aliphatic heterocycles. The molecule has 2 aliphatic rings. The van der Waals surface area contributed by atoms with Gasteiger partial charge < -0.3 is 14.4 Å². The summed E-state index contributed by atoms with van der Waals surface area (Å²) in [6, 6.07) is 6.62. The minimum Gasteiger partial charge on any atom is -0.493 e. The third kappa shape index (κ3) is 3.93. The largest absolute Gasteiger partial charge is 0.493 e. The molecular weight excluding hydrogens is 424 g/mol. The Morgan fingerprint density at radius 2 is 1.67 bits per heavy atom. The number of benzene rings is 1. The Balaban J connectivity index is 1.45. The summed E-state index contributed by atoms with van der Waals surface area (Å²) in [4.78, 5) is 17.0. The number of nitrogens with zero attached hydrogens (tertiary/aromatic N) is 2. The second-order valence-corrected chi connectivity index (χ2v) is 10.6. The van der Waals surface area contributed by atoms with Gasteiger partial charge >= 0.3 is 0 Å². The second kappa shape index (κ2) is 8.56. The van der Waals surface area contributed by atoms with Gasteiger partial charge in [0.25, 0.3) is 5.91 Å². The van der Waals surface area contributed by atoms with Crippen LogP contribution in [-0.2, 0) is 22.9 Å². The van der Waals surface area contributed by atoms with Crippen molar-refractivity contribution < 1.29 is 22.7 Å². The van der Waals surface area contributed by atoms with Crippen LogP contribution in [0.1, 0.15) is 33.0 Å². The Morgan fingerprint density at radius 1 is 0.967 bits per heavy atom. The van der Waals surface area contributed by atoms with Gasteiger partial charge in [-0.15, -0.1) is 11.3 Å². The molecule has 0 N–H and O–H groups in total. The topological polar surface area (TPSA) is 76.2 Å². The second-order valence-electron chi connectivity index (χ2n) is 7.48. The first-order chi connectivity index (χ1) is 14.4. The first kappa shape index (κ1) is 21.1. The number of hydrogen-bond acceptors (Lipinski definition) is 6. The summed E-state index contributed by atoms with van der Waals surface area (Å²) in [6.07, 6.45) is 4.49. The van der Waals surface area contributed by atoms with E-state index in [4.69, 9.17) is 9.47 Å². The first-order valence-electron chi connectivity index (χ1n) is 10.1. The molecule has 1 aromatic carbocycles. The van der Waals surface area contributed by atoms with Crippen molar-refractivity contribution in [2.24, 2.45) is 0 Å². The molecule has 2 heterocycles. The summed E-state index contributed by atoms with van der Waals surface area (Å²) in [6.45, 7) is 1.31. The Bertz CT molecular complexity index is 1020. The van der Waals surface area contributed by atoms with Crippen LogP contribution in [-0.4, -0.2) is 63.9 Å². The van der Waals surface area contributed by atoms with Crippen molar-refractivity contribution in [1.82, 2.24) is 9.21 Å².